The van der Waals surface area contributed by atoms with E-state index in [2.05, 4.69) is 10.3 Å². The molecule has 2 N–H and O–H groups in total. The van der Waals surface area contributed by atoms with E-state index in [0.717, 1.165) is 17.0 Å². The second-order valence-corrected chi connectivity index (χ2v) is 6.65. The van der Waals surface area contributed by atoms with Gasteiger partial charge in [-0.05, 0) is 36.8 Å². The van der Waals surface area contributed by atoms with Gasteiger partial charge in [0.05, 0.1) is 30.2 Å². The van der Waals surface area contributed by atoms with Crippen LogP contribution in [0.3, 0.4) is 0 Å². The first-order valence-corrected chi connectivity index (χ1v) is 8.96. The van der Waals surface area contributed by atoms with Crippen LogP contribution in [0.5, 0.6) is 11.5 Å². The van der Waals surface area contributed by atoms with Gasteiger partial charge in [-0.1, -0.05) is 24.3 Å². The monoisotopic (exact) mass is 376 g/mol. The van der Waals surface area contributed by atoms with Crippen LogP contribution in [0, 0.1) is 6.92 Å². The summed E-state index contributed by atoms with van der Waals surface area (Å²) in [5, 5.41) is 13.9. The van der Waals surface area contributed by atoms with E-state index < -0.39 is 5.63 Å². The number of fused-ring (bicyclic) bond motifs is 1. The zero-order chi connectivity index (χ0) is 19.7. The molecule has 1 aromatic heterocycles. The van der Waals surface area contributed by atoms with Gasteiger partial charge in [-0.25, -0.2) is 4.79 Å². The second kappa shape index (κ2) is 7.23. The highest BCUT2D eigenvalue weighted by Crippen LogP contribution is 2.36. The second-order valence-electron chi connectivity index (χ2n) is 6.65. The number of benzene rings is 2. The summed E-state index contributed by atoms with van der Waals surface area (Å²) in [6.07, 6.45) is 0.405. The molecule has 142 valence electrons. The molecule has 28 heavy (non-hydrogen) atoms. The number of aliphatic imine (C=N–C) groups is 1. The van der Waals surface area contributed by atoms with Gasteiger partial charge in [0.1, 0.15) is 22.8 Å². The molecule has 1 aliphatic rings. The van der Waals surface area contributed by atoms with E-state index in [1.807, 2.05) is 48.5 Å². The van der Waals surface area contributed by atoms with Gasteiger partial charge in [0.25, 0.3) is 0 Å². The van der Waals surface area contributed by atoms with Crippen molar-refractivity contribution in [1.82, 2.24) is 0 Å². The summed E-state index contributed by atoms with van der Waals surface area (Å²) >= 11 is 0. The third-order valence-corrected chi connectivity index (χ3v) is 4.75. The van der Waals surface area contributed by atoms with E-state index in [1.54, 1.807) is 14.0 Å². The molecule has 0 bridgehead atoms. The van der Waals surface area contributed by atoms with Crippen molar-refractivity contribution >= 4 is 17.1 Å². The molecule has 1 aliphatic heterocycles. The van der Waals surface area contributed by atoms with E-state index in [4.69, 9.17) is 9.15 Å². The molecule has 4 rings (SSSR count). The first-order valence-electron chi connectivity index (χ1n) is 8.96. The molecule has 0 radical (unpaired) electrons. The molecule has 0 fully saturated rings. The van der Waals surface area contributed by atoms with Crippen LogP contribution < -0.4 is 15.7 Å². The van der Waals surface area contributed by atoms with Crippen LogP contribution in [-0.2, 0) is 0 Å². The topological polar surface area (TPSA) is 84.1 Å². The maximum atomic E-state index is 12.5. The van der Waals surface area contributed by atoms with E-state index in [-0.39, 0.29) is 17.4 Å². The molecule has 6 nitrogen and oxygen atoms in total. The van der Waals surface area contributed by atoms with Crippen LogP contribution in [0.1, 0.15) is 29.3 Å². The molecule has 3 aromatic rings. The van der Waals surface area contributed by atoms with Crippen LogP contribution in [-0.4, -0.2) is 17.9 Å². The maximum Gasteiger partial charge on any atom is 0.348 e. The molecular formula is C22H20N2O4. The fraction of sp³-hybridized carbons (Fsp3) is 0.182. The Bertz CT molecular complexity index is 1100. The van der Waals surface area contributed by atoms with Crippen LogP contribution >= 0.6 is 0 Å². The molecule has 2 aromatic carbocycles. The molecule has 0 spiro atoms. The summed E-state index contributed by atoms with van der Waals surface area (Å²) in [5.74, 6) is 0.995. The first-order chi connectivity index (χ1) is 13.5. The number of nitrogens with one attached hydrogen (secondary N) is 1. The van der Waals surface area contributed by atoms with Crippen molar-refractivity contribution in [3.05, 3.63) is 81.9 Å². The summed E-state index contributed by atoms with van der Waals surface area (Å²) in [5.41, 5.74) is 2.56. The van der Waals surface area contributed by atoms with E-state index in [0.29, 0.717) is 23.6 Å². The number of aromatic hydroxyl groups is 1. The van der Waals surface area contributed by atoms with Gasteiger partial charge in [0.15, 0.2) is 0 Å². The number of hydrogen-bond acceptors (Lipinski definition) is 6. The normalized spacial score (nSPS) is 15.8. The summed E-state index contributed by atoms with van der Waals surface area (Å²) < 4.78 is 10.4. The number of rotatable bonds is 3. The average Bonchev–Trinajstić information content (AvgIpc) is 2.87. The Morgan fingerprint density at radius 2 is 1.93 bits per heavy atom. The summed E-state index contributed by atoms with van der Waals surface area (Å²) in [6.45, 7) is 1.62. The lowest BCUT2D eigenvalue weighted by atomic mass is 9.97. The smallest absolute Gasteiger partial charge is 0.348 e. The molecule has 2 heterocycles. The number of ether oxygens (including phenoxy) is 1. The predicted octanol–water partition coefficient (Wildman–Crippen LogP) is 4.34. The van der Waals surface area contributed by atoms with Crippen LogP contribution in [0.2, 0.25) is 0 Å². The lowest BCUT2D eigenvalue weighted by Crippen LogP contribution is -2.19. The molecule has 0 saturated heterocycles. The minimum Gasteiger partial charge on any atom is -0.507 e. The molecule has 0 unspecified atom stereocenters. The van der Waals surface area contributed by atoms with Crippen LogP contribution in [0.15, 0.2) is 68.8 Å². The lowest BCUT2D eigenvalue weighted by Gasteiger charge is -2.19. The number of methoxy groups -OCH3 is 1. The molecule has 0 saturated carbocycles. The Morgan fingerprint density at radius 3 is 2.64 bits per heavy atom. The quantitative estimate of drug-likeness (QED) is 0.710. The Morgan fingerprint density at radius 1 is 1.18 bits per heavy atom. The average molecular weight is 376 g/mol. The van der Waals surface area contributed by atoms with E-state index >= 15 is 0 Å². The summed E-state index contributed by atoms with van der Waals surface area (Å²) in [7, 11) is 1.62. The SMILES string of the molecule is COc1ccc([C@H]2CC(c3c(O)cc(C)oc3=O)=Nc3ccccc3N2)cc1. The van der Waals surface area contributed by atoms with E-state index in [9.17, 15) is 9.90 Å². The number of hydrogen-bond donors (Lipinski definition) is 2. The zero-order valence-corrected chi connectivity index (χ0v) is 15.6. The number of anilines is 1. The van der Waals surface area contributed by atoms with Gasteiger partial charge < -0.3 is 19.6 Å². The van der Waals surface area contributed by atoms with Gasteiger partial charge in [-0.15, -0.1) is 0 Å². The van der Waals surface area contributed by atoms with Crippen molar-refractivity contribution in [2.75, 3.05) is 12.4 Å². The zero-order valence-electron chi connectivity index (χ0n) is 15.6. The standard InChI is InChI=1S/C22H20N2O4/c1-13-11-20(25)21(22(26)28-13)19-12-18(14-7-9-15(27-2)10-8-14)23-16-5-3-4-6-17(16)24-19/h3-11,18,23,25H,12H2,1-2H3/t18-/m1/s1. The van der Waals surface area contributed by atoms with Crippen molar-refractivity contribution in [3.8, 4) is 11.5 Å². The summed E-state index contributed by atoms with van der Waals surface area (Å²) in [6, 6.07) is 16.6. The molecular weight excluding hydrogens is 356 g/mol. The maximum absolute atomic E-state index is 12.5. The highest BCUT2D eigenvalue weighted by Gasteiger charge is 2.25. The first kappa shape index (κ1) is 17.9. The van der Waals surface area contributed by atoms with Crippen molar-refractivity contribution in [2.24, 2.45) is 4.99 Å². The number of nitrogens with zero attached hydrogens (tertiary/aromatic N) is 1. The van der Waals surface area contributed by atoms with Gasteiger partial charge in [0, 0.05) is 12.5 Å². The summed E-state index contributed by atoms with van der Waals surface area (Å²) in [4.78, 5) is 17.1. The minimum atomic E-state index is -0.593. The number of aryl methyl sites for hydroxylation is 1. The third-order valence-electron chi connectivity index (χ3n) is 4.75. The van der Waals surface area contributed by atoms with Crippen molar-refractivity contribution in [2.45, 2.75) is 19.4 Å². The molecule has 0 aliphatic carbocycles. The van der Waals surface area contributed by atoms with Gasteiger partial charge in [0.2, 0.25) is 0 Å². The molecule has 1 atom stereocenters. The Kier molecular flexibility index (Phi) is 4.61. The van der Waals surface area contributed by atoms with Crippen molar-refractivity contribution in [1.29, 1.82) is 0 Å². The highest BCUT2D eigenvalue weighted by molar-refractivity contribution is 6.05. The molecule has 6 heteroatoms. The largest absolute Gasteiger partial charge is 0.507 e. The minimum absolute atomic E-state index is 0.0996. The highest BCUT2D eigenvalue weighted by atomic mass is 16.5. The van der Waals surface area contributed by atoms with Gasteiger partial charge in [-0.2, -0.15) is 0 Å². The van der Waals surface area contributed by atoms with Crippen LogP contribution in [0.4, 0.5) is 11.4 Å². The van der Waals surface area contributed by atoms with Gasteiger partial charge >= 0.3 is 5.63 Å². The van der Waals surface area contributed by atoms with Crippen molar-refractivity contribution in [3.63, 3.8) is 0 Å². The Hall–Kier alpha value is -3.54. The van der Waals surface area contributed by atoms with Gasteiger partial charge in [-0.3, -0.25) is 4.99 Å². The fourth-order valence-corrected chi connectivity index (χ4v) is 3.37. The Labute approximate surface area is 162 Å². The molecule has 0 amide bonds. The Balaban J connectivity index is 1.83. The van der Waals surface area contributed by atoms with E-state index in [1.165, 1.54) is 6.07 Å². The fourth-order valence-electron chi connectivity index (χ4n) is 3.37. The predicted molar refractivity (Wildman–Crippen MR) is 108 cm³/mol. The lowest BCUT2D eigenvalue weighted by molar-refractivity contribution is 0.414. The van der Waals surface area contributed by atoms with Crippen molar-refractivity contribution < 1.29 is 14.3 Å². The van der Waals surface area contributed by atoms with Crippen LogP contribution in [0.25, 0.3) is 0 Å². The third kappa shape index (κ3) is 3.36. The number of para-hydroxylation sites is 2.